The summed E-state index contributed by atoms with van der Waals surface area (Å²) in [6, 6.07) is 38.9. The number of benzene rings is 4. The van der Waals surface area contributed by atoms with Crippen LogP contribution in [0.3, 0.4) is 0 Å². The van der Waals surface area contributed by atoms with Gasteiger partial charge in [-0.25, -0.2) is 9.97 Å². The highest BCUT2D eigenvalue weighted by molar-refractivity contribution is 6.03. The van der Waals surface area contributed by atoms with Crippen molar-refractivity contribution in [3.05, 3.63) is 144 Å². The van der Waals surface area contributed by atoms with Gasteiger partial charge in [-0.2, -0.15) is 0 Å². The van der Waals surface area contributed by atoms with Gasteiger partial charge in [-0.1, -0.05) is 88.4 Å². The predicted octanol–water partition coefficient (Wildman–Crippen LogP) is 10.0. The fourth-order valence-corrected chi connectivity index (χ4v) is 7.74. The van der Waals surface area contributed by atoms with Gasteiger partial charge >= 0.3 is 0 Å². The Morgan fingerprint density at radius 2 is 1.07 bits per heavy atom. The van der Waals surface area contributed by atoms with Crippen LogP contribution >= 0.6 is 0 Å². The summed E-state index contributed by atoms with van der Waals surface area (Å²) in [5, 5.41) is 2.62. The van der Waals surface area contributed by atoms with Gasteiger partial charge in [0.05, 0.1) is 22.8 Å². The van der Waals surface area contributed by atoms with E-state index in [1.165, 1.54) is 55.3 Å². The number of hydrogen-bond acceptors (Lipinski definition) is 4. The second kappa shape index (κ2) is 9.51. The summed E-state index contributed by atoms with van der Waals surface area (Å²) in [5.41, 5.74) is 14.7. The number of nitrogens with zero attached hydrogens (tertiary/aromatic N) is 4. The van der Waals surface area contributed by atoms with Crippen LogP contribution in [-0.2, 0) is 10.8 Å². The molecule has 2 aliphatic rings. The lowest BCUT2D eigenvalue weighted by Gasteiger charge is -2.24. The van der Waals surface area contributed by atoms with Gasteiger partial charge in [-0.05, 0) is 104 Å². The Hall–Kier alpha value is -5.48. The molecule has 4 aromatic carbocycles. The van der Waals surface area contributed by atoms with Crippen molar-refractivity contribution in [2.45, 2.75) is 38.5 Å². The Balaban J connectivity index is 1.21. The number of rotatable bonds is 3. The molecule has 0 fully saturated rings. The van der Waals surface area contributed by atoms with Crippen molar-refractivity contribution < 1.29 is 0 Å². The summed E-state index contributed by atoms with van der Waals surface area (Å²) in [4.78, 5) is 19.3. The third-order valence-electron chi connectivity index (χ3n) is 10.2. The van der Waals surface area contributed by atoms with E-state index in [9.17, 15) is 0 Å². The number of fused-ring (bicyclic) bond motifs is 8. The first kappa shape index (κ1) is 26.9. The standard InChI is InChI=1S/C42H32N4/c1-41(2)31-18-16-25-11-5-6-12-27(25)39(31)30-23-33-29(22-34(30)41)28-17-15-26(21-32(28)42(33,3)4)40-45-37(35-13-7-9-19-43-35)24-38(46-40)36-14-8-10-20-44-36/h5-24H,1-4H3. The van der Waals surface area contributed by atoms with Crippen LogP contribution < -0.4 is 0 Å². The first-order valence-electron chi connectivity index (χ1n) is 15.9. The third-order valence-corrected chi connectivity index (χ3v) is 10.2. The molecule has 3 aromatic heterocycles. The van der Waals surface area contributed by atoms with Crippen LogP contribution in [0, 0.1) is 0 Å². The molecule has 0 N–H and O–H groups in total. The van der Waals surface area contributed by atoms with E-state index < -0.39 is 0 Å². The van der Waals surface area contributed by atoms with Crippen molar-refractivity contribution >= 4 is 10.8 Å². The van der Waals surface area contributed by atoms with Crippen molar-refractivity contribution in [3.8, 4) is 56.4 Å². The Morgan fingerprint density at radius 3 is 1.76 bits per heavy atom. The maximum absolute atomic E-state index is 5.04. The summed E-state index contributed by atoms with van der Waals surface area (Å²) < 4.78 is 0. The maximum Gasteiger partial charge on any atom is 0.160 e. The second-order valence-electron chi connectivity index (χ2n) is 13.6. The molecule has 220 valence electrons. The zero-order valence-electron chi connectivity index (χ0n) is 26.3. The average Bonchev–Trinajstić information content (AvgIpc) is 3.46. The highest BCUT2D eigenvalue weighted by Gasteiger charge is 2.42. The SMILES string of the molecule is CC1(C)c2cc(-c3nc(-c4ccccn4)cc(-c4ccccn4)n3)ccc2-c2cc3c(cc21)-c1c(ccc2ccccc12)C3(C)C. The van der Waals surface area contributed by atoms with Crippen molar-refractivity contribution in [2.75, 3.05) is 0 Å². The average molecular weight is 593 g/mol. The zero-order valence-corrected chi connectivity index (χ0v) is 26.3. The van der Waals surface area contributed by atoms with E-state index in [-0.39, 0.29) is 10.8 Å². The van der Waals surface area contributed by atoms with Gasteiger partial charge in [-0.15, -0.1) is 0 Å². The molecule has 9 rings (SSSR count). The van der Waals surface area contributed by atoms with Crippen molar-refractivity contribution in [2.24, 2.45) is 0 Å². The summed E-state index contributed by atoms with van der Waals surface area (Å²) >= 11 is 0. The van der Waals surface area contributed by atoms with Crippen LogP contribution in [0.15, 0.2) is 122 Å². The normalized spacial score (nSPS) is 14.9. The highest BCUT2D eigenvalue weighted by atomic mass is 14.9. The van der Waals surface area contributed by atoms with E-state index in [0.29, 0.717) is 5.82 Å². The smallest absolute Gasteiger partial charge is 0.160 e. The first-order valence-corrected chi connectivity index (χ1v) is 15.9. The summed E-state index contributed by atoms with van der Waals surface area (Å²) in [7, 11) is 0. The molecule has 2 aliphatic carbocycles. The molecular weight excluding hydrogens is 560 g/mol. The van der Waals surface area contributed by atoms with Crippen LogP contribution in [0.4, 0.5) is 0 Å². The highest BCUT2D eigenvalue weighted by Crippen LogP contribution is 2.57. The van der Waals surface area contributed by atoms with Gasteiger partial charge in [0.2, 0.25) is 0 Å². The van der Waals surface area contributed by atoms with Crippen molar-refractivity contribution in [3.63, 3.8) is 0 Å². The Morgan fingerprint density at radius 1 is 0.457 bits per heavy atom. The van der Waals surface area contributed by atoms with Crippen LogP contribution in [0.2, 0.25) is 0 Å². The Labute approximate surface area is 268 Å². The molecule has 4 heteroatoms. The Kier molecular flexibility index (Phi) is 5.56. The van der Waals surface area contributed by atoms with E-state index in [4.69, 9.17) is 9.97 Å². The van der Waals surface area contributed by atoms with Gasteiger partial charge in [0, 0.05) is 28.8 Å². The third kappa shape index (κ3) is 3.80. The summed E-state index contributed by atoms with van der Waals surface area (Å²) in [6.45, 7) is 9.44. The zero-order chi connectivity index (χ0) is 31.2. The summed E-state index contributed by atoms with van der Waals surface area (Å²) in [6.07, 6.45) is 3.60. The molecule has 0 saturated heterocycles. The van der Waals surface area contributed by atoms with Crippen molar-refractivity contribution in [1.82, 2.24) is 19.9 Å². The fraction of sp³-hybridized carbons (Fsp3) is 0.143. The molecule has 0 spiro atoms. The molecule has 0 unspecified atom stereocenters. The number of aromatic nitrogens is 4. The maximum atomic E-state index is 5.04. The minimum absolute atomic E-state index is 0.0851. The van der Waals surface area contributed by atoms with Crippen molar-refractivity contribution in [1.29, 1.82) is 0 Å². The van der Waals surface area contributed by atoms with Crippen LogP contribution in [0.5, 0.6) is 0 Å². The minimum atomic E-state index is -0.199. The van der Waals surface area contributed by atoms with Gasteiger partial charge in [0.25, 0.3) is 0 Å². The van der Waals surface area contributed by atoms with Crippen LogP contribution in [0.25, 0.3) is 67.2 Å². The predicted molar refractivity (Wildman–Crippen MR) is 187 cm³/mol. The molecule has 0 bridgehead atoms. The number of pyridine rings is 2. The van der Waals surface area contributed by atoms with Gasteiger partial charge < -0.3 is 0 Å². The molecule has 0 amide bonds. The molecule has 7 aromatic rings. The topological polar surface area (TPSA) is 51.6 Å². The molecule has 0 atom stereocenters. The lowest BCUT2D eigenvalue weighted by molar-refractivity contribution is 0.652. The lowest BCUT2D eigenvalue weighted by Crippen LogP contribution is -2.17. The van der Waals surface area contributed by atoms with Gasteiger partial charge in [0.15, 0.2) is 5.82 Å². The number of hydrogen-bond donors (Lipinski definition) is 0. The molecule has 0 radical (unpaired) electrons. The van der Waals surface area contributed by atoms with E-state index in [1.807, 2.05) is 42.5 Å². The van der Waals surface area contributed by atoms with Gasteiger partial charge in [0.1, 0.15) is 0 Å². The van der Waals surface area contributed by atoms with Crippen LogP contribution in [0.1, 0.15) is 49.9 Å². The van der Waals surface area contributed by atoms with Gasteiger partial charge in [-0.3, -0.25) is 9.97 Å². The monoisotopic (exact) mass is 592 g/mol. The van der Waals surface area contributed by atoms with E-state index in [0.717, 1.165) is 28.3 Å². The quantitative estimate of drug-likeness (QED) is 0.205. The molecule has 46 heavy (non-hydrogen) atoms. The fourth-order valence-electron chi connectivity index (χ4n) is 7.74. The second-order valence-corrected chi connectivity index (χ2v) is 13.6. The molecule has 4 nitrogen and oxygen atoms in total. The lowest BCUT2D eigenvalue weighted by atomic mass is 9.79. The summed E-state index contributed by atoms with van der Waals surface area (Å²) in [5.74, 6) is 0.669. The first-order chi connectivity index (χ1) is 22.3. The molecule has 0 aliphatic heterocycles. The van der Waals surface area contributed by atoms with E-state index in [2.05, 4.69) is 104 Å². The van der Waals surface area contributed by atoms with E-state index >= 15 is 0 Å². The molecule has 0 saturated carbocycles. The van der Waals surface area contributed by atoms with Crippen LogP contribution in [-0.4, -0.2) is 19.9 Å². The minimum Gasteiger partial charge on any atom is -0.255 e. The molecule has 3 heterocycles. The Bertz CT molecular complexity index is 2300. The van der Waals surface area contributed by atoms with E-state index in [1.54, 1.807) is 12.4 Å². The largest absolute Gasteiger partial charge is 0.255 e. The molecular formula is C42H32N4.